The predicted octanol–water partition coefficient (Wildman–Crippen LogP) is 4.60. The number of halogens is 2. The lowest BCUT2D eigenvalue weighted by atomic mass is 9.75. The fourth-order valence-corrected chi connectivity index (χ4v) is 4.05. The highest BCUT2D eigenvalue weighted by Gasteiger charge is 2.36. The van der Waals surface area contributed by atoms with Crippen LogP contribution in [-0.2, 0) is 11.2 Å². The minimum atomic E-state index is -0.475. The van der Waals surface area contributed by atoms with Gasteiger partial charge in [0.05, 0.1) is 16.6 Å². The van der Waals surface area contributed by atoms with E-state index in [4.69, 9.17) is 28.9 Å². The first kappa shape index (κ1) is 17.0. The van der Waals surface area contributed by atoms with Gasteiger partial charge in [0.1, 0.15) is 5.15 Å². The molecule has 0 saturated heterocycles. The van der Waals surface area contributed by atoms with Crippen molar-refractivity contribution >= 4 is 34.7 Å². The van der Waals surface area contributed by atoms with Crippen LogP contribution in [0.4, 0.5) is 0 Å². The summed E-state index contributed by atoms with van der Waals surface area (Å²) in [4.78, 5) is 16.5. The second kappa shape index (κ2) is 6.58. The summed E-state index contributed by atoms with van der Waals surface area (Å²) in [6.45, 7) is 6.04. The summed E-state index contributed by atoms with van der Waals surface area (Å²) in [6, 6.07) is 9.86. The minimum absolute atomic E-state index is 0.0348. The van der Waals surface area contributed by atoms with Crippen LogP contribution in [0.1, 0.15) is 41.6 Å². The van der Waals surface area contributed by atoms with E-state index >= 15 is 0 Å². The van der Waals surface area contributed by atoms with Gasteiger partial charge in [0, 0.05) is 17.5 Å². The zero-order valence-corrected chi connectivity index (χ0v) is 14.9. The van der Waals surface area contributed by atoms with Gasteiger partial charge in [0.25, 0.3) is 0 Å². The van der Waals surface area contributed by atoms with Gasteiger partial charge in [0.15, 0.2) is 0 Å². The summed E-state index contributed by atoms with van der Waals surface area (Å²) >= 11 is 13.1. The third-order valence-electron chi connectivity index (χ3n) is 4.53. The van der Waals surface area contributed by atoms with E-state index in [1.165, 1.54) is 0 Å². The molecule has 0 spiro atoms. The molecule has 124 valence electrons. The number of nitrogens with zero attached hydrogens (tertiary/aromatic N) is 1. The molecule has 3 nitrogen and oxygen atoms in total. The fraction of sp³-hybridized carbons (Fsp3) is 0.263. The highest BCUT2D eigenvalue weighted by Crippen LogP contribution is 2.46. The van der Waals surface area contributed by atoms with Crippen LogP contribution in [0.3, 0.4) is 0 Å². The van der Waals surface area contributed by atoms with Crippen LogP contribution in [-0.4, -0.2) is 10.9 Å². The lowest BCUT2D eigenvalue weighted by Crippen LogP contribution is -2.31. The number of hydrogen-bond donors (Lipinski definition) is 1. The Kier molecular flexibility index (Phi) is 4.66. The van der Waals surface area contributed by atoms with Crippen molar-refractivity contribution in [2.24, 2.45) is 11.7 Å². The Hall–Kier alpha value is -1.84. The molecule has 2 unspecified atom stereocenters. The van der Waals surface area contributed by atoms with Crippen molar-refractivity contribution in [3.05, 3.63) is 69.5 Å². The van der Waals surface area contributed by atoms with Gasteiger partial charge in [-0.05, 0) is 23.5 Å². The number of carbonyl (C=O) groups is 1. The molecule has 1 aromatic carbocycles. The van der Waals surface area contributed by atoms with Crippen LogP contribution in [0.2, 0.25) is 10.2 Å². The Balaban J connectivity index is 2.17. The number of carbonyl (C=O) groups excluding carboxylic acids is 1. The Morgan fingerprint density at radius 3 is 2.62 bits per heavy atom. The second-order valence-electron chi connectivity index (χ2n) is 6.28. The second-order valence-corrected chi connectivity index (χ2v) is 7.02. The highest BCUT2D eigenvalue weighted by atomic mass is 35.5. The zero-order chi connectivity index (χ0) is 17.4. The van der Waals surface area contributed by atoms with E-state index in [-0.39, 0.29) is 5.92 Å². The molecule has 1 heterocycles. The topological polar surface area (TPSA) is 56.0 Å². The summed E-state index contributed by atoms with van der Waals surface area (Å²) < 4.78 is 0. The maximum atomic E-state index is 12.0. The molecular weight excluding hydrogens is 343 g/mol. The van der Waals surface area contributed by atoms with Crippen LogP contribution >= 0.6 is 23.2 Å². The van der Waals surface area contributed by atoms with Gasteiger partial charge in [-0.15, -0.1) is 0 Å². The van der Waals surface area contributed by atoms with E-state index in [9.17, 15) is 4.79 Å². The van der Waals surface area contributed by atoms with E-state index in [1.54, 1.807) is 0 Å². The van der Waals surface area contributed by atoms with Gasteiger partial charge < -0.3 is 5.73 Å². The van der Waals surface area contributed by atoms with Crippen LogP contribution in [0.5, 0.6) is 0 Å². The summed E-state index contributed by atoms with van der Waals surface area (Å²) in [5, 5.41) is 0.826. The molecule has 2 atom stereocenters. The van der Waals surface area contributed by atoms with Gasteiger partial charge in [-0.25, -0.2) is 4.98 Å². The van der Waals surface area contributed by atoms with Crippen molar-refractivity contribution < 1.29 is 4.79 Å². The van der Waals surface area contributed by atoms with Gasteiger partial charge in [-0.2, -0.15) is 0 Å². The lowest BCUT2D eigenvalue weighted by Gasteiger charge is -2.31. The summed E-state index contributed by atoms with van der Waals surface area (Å²) in [6.07, 6.45) is 1.20. The average molecular weight is 361 g/mol. The summed E-state index contributed by atoms with van der Waals surface area (Å²) in [5.74, 6) is -0.835. The van der Waals surface area contributed by atoms with Gasteiger partial charge in [0.2, 0.25) is 5.91 Å². The Morgan fingerprint density at radius 2 is 2.00 bits per heavy atom. The summed E-state index contributed by atoms with van der Waals surface area (Å²) in [5.41, 5.74) is 9.55. The largest absolute Gasteiger partial charge is 0.369 e. The highest BCUT2D eigenvalue weighted by molar-refractivity contribution is 6.36. The number of allylic oxidation sites excluding steroid dienone is 1. The molecule has 3 rings (SSSR count). The molecule has 1 aliphatic rings. The van der Waals surface area contributed by atoms with Crippen molar-refractivity contribution in [2.45, 2.75) is 25.7 Å². The van der Waals surface area contributed by atoms with Gasteiger partial charge >= 0.3 is 0 Å². The Bertz CT molecular complexity index is 818. The monoisotopic (exact) mass is 360 g/mol. The predicted molar refractivity (Wildman–Crippen MR) is 98.3 cm³/mol. The molecule has 2 N–H and O–H groups in total. The SMILES string of the molecule is C=C1CC(C)C(C(N)=O)c2c1nc(Cl)c(Cc1ccccc1)c2Cl. The van der Waals surface area contributed by atoms with Crippen molar-refractivity contribution in [1.82, 2.24) is 4.98 Å². The molecule has 0 radical (unpaired) electrons. The molecule has 0 aliphatic heterocycles. The number of rotatable bonds is 3. The summed E-state index contributed by atoms with van der Waals surface area (Å²) in [7, 11) is 0. The fourth-order valence-electron chi connectivity index (χ4n) is 3.40. The maximum Gasteiger partial charge on any atom is 0.225 e. The molecule has 1 amide bonds. The van der Waals surface area contributed by atoms with Crippen LogP contribution in [0.25, 0.3) is 5.57 Å². The number of aromatic nitrogens is 1. The molecular formula is C19H18Cl2N2O. The van der Waals surface area contributed by atoms with E-state index in [0.29, 0.717) is 34.3 Å². The number of primary amides is 1. The Labute approximate surface area is 151 Å². The molecule has 2 aromatic rings. The van der Waals surface area contributed by atoms with Crippen molar-refractivity contribution in [3.8, 4) is 0 Å². The quantitative estimate of drug-likeness (QED) is 0.813. The average Bonchev–Trinajstić information content (AvgIpc) is 2.53. The molecule has 0 bridgehead atoms. The maximum absolute atomic E-state index is 12.0. The molecule has 24 heavy (non-hydrogen) atoms. The third-order valence-corrected chi connectivity index (χ3v) is 5.27. The number of hydrogen-bond acceptors (Lipinski definition) is 2. The molecule has 0 saturated carbocycles. The van der Waals surface area contributed by atoms with Crippen LogP contribution < -0.4 is 5.73 Å². The molecule has 5 heteroatoms. The lowest BCUT2D eigenvalue weighted by molar-refractivity contribution is -0.120. The smallest absolute Gasteiger partial charge is 0.225 e. The normalized spacial score (nSPS) is 19.9. The van der Waals surface area contributed by atoms with Crippen molar-refractivity contribution in [1.29, 1.82) is 0 Å². The van der Waals surface area contributed by atoms with E-state index in [1.807, 2.05) is 37.3 Å². The molecule has 1 aromatic heterocycles. The first-order chi connectivity index (χ1) is 11.4. The first-order valence-electron chi connectivity index (χ1n) is 7.79. The number of pyridine rings is 1. The van der Waals surface area contributed by atoms with Crippen molar-refractivity contribution in [2.75, 3.05) is 0 Å². The molecule has 1 aliphatic carbocycles. The van der Waals surface area contributed by atoms with E-state index < -0.39 is 11.8 Å². The van der Waals surface area contributed by atoms with Gasteiger partial charge in [-0.3, -0.25) is 4.79 Å². The number of benzene rings is 1. The van der Waals surface area contributed by atoms with Crippen LogP contribution in [0, 0.1) is 5.92 Å². The first-order valence-corrected chi connectivity index (χ1v) is 8.55. The van der Waals surface area contributed by atoms with E-state index in [2.05, 4.69) is 11.6 Å². The van der Waals surface area contributed by atoms with E-state index in [0.717, 1.165) is 16.7 Å². The van der Waals surface area contributed by atoms with Gasteiger partial charge in [-0.1, -0.05) is 67.0 Å². The third kappa shape index (κ3) is 2.94. The standard InChI is InChI=1S/C19H18Cl2N2O/c1-10-8-11(2)17-15(14(10)19(22)24)16(20)13(18(21)23-17)9-12-6-4-3-5-7-12/h3-7,10,14H,2,8-9H2,1H3,(H2,22,24). The van der Waals surface area contributed by atoms with Crippen molar-refractivity contribution in [3.63, 3.8) is 0 Å². The number of amides is 1. The Morgan fingerprint density at radius 1 is 1.33 bits per heavy atom. The zero-order valence-electron chi connectivity index (χ0n) is 13.4. The van der Waals surface area contributed by atoms with Crippen LogP contribution in [0.15, 0.2) is 36.9 Å². The minimum Gasteiger partial charge on any atom is -0.369 e. The number of fused-ring (bicyclic) bond motifs is 1. The molecule has 0 fully saturated rings. The number of nitrogens with two attached hydrogens (primary N) is 1.